The SMILES string of the molecule is CN(C)C(=O)[C@H]1OC(C)(C)O[C@@H]1C(=O)N(C)C. The summed E-state index contributed by atoms with van der Waals surface area (Å²) in [6.07, 6.45) is -1.76. The molecule has 0 radical (unpaired) electrons. The van der Waals surface area contributed by atoms with Gasteiger partial charge in [-0.3, -0.25) is 9.59 Å². The van der Waals surface area contributed by atoms with Gasteiger partial charge in [0, 0.05) is 28.2 Å². The molecule has 17 heavy (non-hydrogen) atoms. The summed E-state index contributed by atoms with van der Waals surface area (Å²) in [5.74, 6) is -1.46. The third-order valence-corrected chi connectivity index (χ3v) is 2.46. The highest BCUT2D eigenvalue weighted by atomic mass is 16.8. The maximum Gasteiger partial charge on any atom is 0.254 e. The molecule has 2 amide bonds. The molecule has 1 aliphatic heterocycles. The fourth-order valence-electron chi connectivity index (χ4n) is 1.63. The van der Waals surface area contributed by atoms with Crippen molar-refractivity contribution >= 4 is 11.8 Å². The Labute approximate surface area is 101 Å². The van der Waals surface area contributed by atoms with E-state index in [0.29, 0.717) is 0 Å². The van der Waals surface area contributed by atoms with Crippen molar-refractivity contribution in [3.8, 4) is 0 Å². The Morgan fingerprint density at radius 1 is 0.882 bits per heavy atom. The zero-order valence-electron chi connectivity index (χ0n) is 11.2. The van der Waals surface area contributed by atoms with Gasteiger partial charge in [0.15, 0.2) is 18.0 Å². The predicted octanol–water partition coefficient (Wildman–Crippen LogP) is -0.317. The summed E-state index contributed by atoms with van der Waals surface area (Å²) in [4.78, 5) is 26.6. The van der Waals surface area contributed by atoms with Crippen LogP contribution >= 0.6 is 0 Å². The Hall–Kier alpha value is -1.14. The first-order valence-corrected chi connectivity index (χ1v) is 5.43. The Bertz CT molecular complexity index is 295. The number of carbonyl (C=O) groups is 2. The lowest BCUT2D eigenvalue weighted by Crippen LogP contribution is -2.47. The van der Waals surface area contributed by atoms with E-state index >= 15 is 0 Å². The van der Waals surface area contributed by atoms with Crippen LogP contribution in [-0.4, -0.2) is 67.8 Å². The summed E-state index contributed by atoms with van der Waals surface area (Å²) in [6.45, 7) is 3.37. The Balaban J connectivity index is 2.93. The zero-order chi connectivity index (χ0) is 13.4. The topological polar surface area (TPSA) is 59.1 Å². The number of rotatable bonds is 2. The van der Waals surface area contributed by atoms with Gasteiger partial charge in [-0.15, -0.1) is 0 Å². The average Bonchev–Trinajstić information content (AvgIpc) is 2.51. The molecule has 1 saturated heterocycles. The second-order valence-corrected chi connectivity index (χ2v) is 4.94. The van der Waals surface area contributed by atoms with Crippen molar-refractivity contribution in [1.82, 2.24) is 9.80 Å². The lowest BCUT2D eigenvalue weighted by molar-refractivity contribution is -0.163. The second-order valence-electron chi connectivity index (χ2n) is 4.94. The summed E-state index contributed by atoms with van der Waals surface area (Å²) in [5.41, 5.74) is 0. The van der Waals surface area contributed by atoms with Gasteiger partial charge < -0.3 is 19.3 Å². The van der Waals surface area contributed by atoms with E-state index in [1.807, 2.05) is 0 Å². The highest BCUT2D eigenvalue weighted by Crippen LogP contribution is 2.29. The van der Waals surface area contributed by atoms with Crippen LogP contribution in [0, 0.1) is 0 Å². The number of likely N-dealkylation sites (N-methyl/N-ethyl adjacent to an activating group) is 2. The fraction of sp³-hybridized carbons (Fsp3) is 0.818. The zero-order valence-corrected chi connectivity index (χ0v) is 11.2. The van der Waals surface area contributed by atoms with E-state index in [4.69, 9.17) is 9.47 Å². The smallest absolute Gasteiger partial charge is 0.254 e. The van der Waals surface area contributed by atoms with Gasteiger partial charge >= 0.3 is 0 Å². The number of hydrogen-bond acceptors (Lipinski definition) is 4. The van der Waals surface area contributed by atoms with Gasteiger partial charge in [-0.1, -0.05) is 0 Å². The van der Waals surface area contributed by atoms with Crippen molar-refractivity contribution in [2.24, 2.45) is 0 Å². The van der Waals surface area contributed by atoms with E-state index < -0.39 is 18.0 Å². The number of carbonyl (C=O) groups excluding carboxylic acids is 2. The lowest BCUT2D eigenvalue weighted by Gasteiger charge is -2.21. The minimum Gasteiger partial charge on any atom is -0.346 e. The molecule has 0 aliphatic carbocycles. The van der Waals surface area contributed by atoms with Crippen LogP contribution in [0.25, 0.3) is 0 Å². The molecule has 6 nitrogen and oxygen atoms in total. The summed E-state index contributed by atoms with van der Waals surface area (Å²) in [5, 5.41) is 0. The van der Waals surface area contributed by atoms with Crippen molar-refractivity contribution in [2.75, 3.05) is 28.2 Å². The third-order valence-electron chi connectivity index (χ3n) is 2.46. The number of amides is 2. The second kappa shape index (κ2) is 4.62. The normalized spacial score (nSPS) is 26.7. The molecule has 0 N–H and O–H groups in total. The average molecular weight is 244 g/mol. The van der Waals surface area contributed by atoms with Crippen molar-refractivity contribution < 1.29 is 19.1 Å². The molecule has 6 heteroatoms. The van der Waals surface area contributed by atoms with Gasteiger partial charge in [0.2, 0.25) is 0 Å². The predicted molar refractivity (Wildman–Crippen MR) is 61.2 cm³/mol. The van der Waals surface area contributed by atoms with Crippen molar-refractivity contribution in [3.63, 3.8) is 0 Å². The molecule has 0 saturated carbocycles. The standard InChI is InChI=1S/C11H20N2O4/c1-11(2)16-7(9(14)12(3)4)8(17-11)10(15)13(5)6/h7-8H,1-6H3/t7-,8-/m0/s1. The Morgan fingerprint density at radius 2 is 1.18 bits per heavy atom. The maximum absolute atomic E-state index is 11.9. The van der Waals surface area contributed by atoms with Crippen LogP contribution in [0.3, 0.4) is 0 Å². The van der Waals surface area contributed by atoms with Gasteiger partial charge in [-0.05, 0) is 13.8 Å². The monoisotopic (exact) mass is 244 g/mol. The van der Waals surface area contributed by atoms with Gasteiger partial charge in [-0.25, -0.2) is 0 Å². The van der Waals surface area contributed by atoms with Gasteiger partial charge in [-0.2, -0.15) is 0 Å². The molecular formula is C11H20N2O4. The van der Waals surface area contributed by atoms with Gasteiger partial charge in [0.25, 0.3) is 11.8 Å². The van der Waals surface area contributed by atoms with Crippen LogP contribution in [0.1, 0.15) is 13.8 Å². The van der Waals surface area contributed by atoms with E-state index in [1.165, 1.54) is 9.80 Å². The molecule has 1 rings (SSSR count). The van der Waals surface area contributed by atoms with E-state index in [9.17, 15) is 9.59 Å². The minimum atomic E-state index is -0.924. The van der Waals surface area contributed by atoms with E-state index in [2.05, 4.69) is 0 Å². The minimum absolute atomic E-state index is 0.268. The van der Waals surface area contributed by atoms with Crippen LogP contribution < -0.4 is 0 Å². The molecular weight excluding hydrogens is 224 g/mol. The van der Waals surface area contributed by atoms with Crippen molar-refractivity contribution in [2.45, 2.75) is 31.8 Å². The highest BCUT2D eigenvalue weighted by molar-refractivity contribution is 5.91. The van der Waals surface area contributed by atoms with Crippen LogP contribution in [0.15, 0.2) is 0 Å². The van der Waals surface area contributed by atoms with Crippen LogP contribution in [-0.2, 0) is 19.1 Å². The summed E-state index contributed by atoms with van der Waals surface area (Å²) < 4.78 is 11.0. The molecule has 1 heterocycles. The molecule has 0 aromatic carbocycles. The first kappa shape index (κ1) is 13.9. The molecule has 98 valence electrons. The third kappa shape index (κ3) is 2.95. The van der Waals surface area contributed by atoms with Crippen LogP contribution in [0.4, 0.5) is 0 Å². The van der Waals surface area contributed by atoms with E-state index in [1.54, 1.807) is 42.0 Å². The first-order valence-electron chi connectivity index (χ1n) is 5.43. The summed E-state index contributed by atoms with van der Waals surface area (Å²) in [6, 6.07) is 0. The molecule has 2 atom stereocenters. The summed E-state index contributed by atoms with van der Waals surface area (Å²) >= 11 is 0. The highest BCUT2D eigenvalue weighted by Gasteiger charge is 2.49. The fourth-order valence-corrected chi connectivity index (χ4v) is 1.63. The molecule has 0 spiro atoms. The van der Waals surface area contributed by atoms with Crippen molar-refractivity contribution in [1.29, 1.82) is 0 Å². The van der Waals surface area contributed by atoms with Crippen LogP contribution in [0.2, 0.25) is 0 Å². The molecule has 0 aromatic rings. The number of ether oxygens (including phenoxy) is 2. The quantitative estimate of drug-likeness (QED) is 0.668. The molecule has 0 unspecified atom stereocenters. The Kier molecular flexibility index (Phi) is 3.78. The molecule has 1 aliphatic rings. The number of nitrogens with zero attached hydrogens (tertiary/aromatic N) is 2. The van der Waals surface area contributed by atoms with E-state index in [0.717, 1.165) is 0 Å². The molecule has 0 bridgehead atoms. The maximum atomic E-state index is 11.9. The molecule has 0 aromatic heterocycles. The van der Waals surface area contributed by atoms with Crippen molar-refractivity contribution in [3.05, 3.63) is 0 Å². The van der Waals surface area contributed by atoms with Gasteiger partial charge in [0.05, 0.1) is 0 Å². The number of hydrogen-bond donors (Lipinski definition) is 0. The first-order chi connectivity index (χ1) is 7.65. The van der Waals surface area contributed by atoms with Gasteiger partial charge in [0.1, 0.15) is 0 Å². The Morgan fingerprint density at radius 3 is 1.41 bits per heavy atom. The lowest BCUT2D eigenvalue weighted by atomic mass is 10.1. The molecule has 1 fully saturated rings. The largest absolute Gasteiger partial charge is 0.346 e. The van der Waals surface area contributed by atoms with E-state index in [-0.39, 0.29) is 11.8 Å². The summed E-state index contributed by atoms with van der Waals surface area (Å²) in [7, 11) is 6.48. The van der Waals surface area contributed by atoms with Crippen LogP contribution in [0.5, 0.6) is 0 Å².